The summed E-state index contributed by atoms with van der Waals surface area (Å²) in [6, 6.07) is 0.433. The van der Waals surface area contributed by atoms with Crippen molar-refractivity contribution < 1.29 is 19.2 Å². The number of carbonyl (C=O) groups excluding carboxylic acids is 4. The van der Waals surface area contributed by atoms with E-state index in [4.69, 9.17) is 5.73 Å². The molecule has 0 radical (unpaired) electrons. The number of hydrogen-bond acceptors (Lipinski definition) is 7. The molecule has 1 saturated heterocycles. The van der Waals surface area contributed by atoms with Crippen molar-refractivity contribution in [2.45, 2.75) is 31.0 Å². The number of aromatic nitrogens is 2. The van der Waals surface area contributed by atoms with Crippen molar-refractivity contribution in [2.24, 2.45) is 5.73 Å². The van der Waals surface area contributed by atoms with Gasteiger partial charge in [0.05, 0.1) is 12.2 Å². The first-order valence-corrected chi connectivity index (χ1v) is 11.1. The van der Waals surface area contributed by atoms with Crippen LogP contribution in [0.2, 0.25) is 0 Å². The third kappa shape index (κ3) is 6.13. The Hall–Kier alpha value is -3.80. The van der Waals surface area contributed by atoms with Crippen LogP contribution >= 0.6 is 11.3 Å². The minimum atomic E-state index is -1.07. The minimum Gasteiger partial charge on any atom is -0.368 e. The lowest BCUT2D eigenvalue weighted by atomic mass is 10.1. The molecule has 3 rings (SSSR count). The van der Waals surface area contributed by atoms with Crippen molar-refractivity contribution in [3.63, 3.8) is 0 Å². The lowest BCUT2D eigenvalue weighted by Gasteiger charge is -2.29. The highest BCUT2D eigenvalue weighted by atomic mass is 32.1. The standard InChI is InChI=1S/C21H25N7O4S/c1-2-6-25-21(32)27-14-5-9-28(20(31)16-12-23-7-8-24-16)17(14)19(30)26-15(18(22)29)11-13-4-3-10-33-13/h2-4,7-8,10,12,14-15,17H,1,5-6,9,11H2,(H2,22,29)(H,26,30)(H2,25,27,32). The molecule has 11 nitrogen and oxygen atoms in total. The van der Waals surface area contributed by atoms with Crippen molar-refractivity contribution >= 4 is 35.1 Å². The third-order valence-electron chi connectivity index (χ3n) is 5.08. The molecule has 5 N–H and O–H groups in total. The van der Waals surface area contributed by atoms with Crippen molar-refractivity contribution in [1.29, 1.82) is 0 Å². The topological polar surface area (TPSA) is 159 Å². The van der Waals surface area contributed by atoms with Gasteiger partial charge in [-0.05, 0) is 17.9 Å². The van der Waals surface area contributed by atoms with E-state index in [2.05, 4.69) is 32.5 Å². The molecule has 0 aliphatic carbocycles. The summed E-state index contributed by atoms with van der Waals surface area (Å²) in [6.45, 7) is 3.98. The van der Waals surface area contributed by atoms with Crippen LogP contribution in [-0.4, -0.2) is 69.8 Å². The van der Waals surface area contributed by atoms with E-state index in [1.807, 2.05) is 17.5 Å². The van der Waals surface area contributed by atoms with Crippen LogP contribution in [0.15, 0.2) is 48.8 Å². The Bertz CT molecular complexity index is 999. The van der Waals surface area contributed by atoms with Gasteiger partial charge in [-0.25, -0.2) is 9.78 Å². The van der Waals surface area contributed by atoms with Crippen LogP contribution in [0.3, 0.4) is 0 Å². The largest absolute Gasteiger partial charge is 0.368 e. The van der Waals surface area contributed by atoms with Gasteiger partial charge in [0.1, 0.15) is 17.8 Å². The molecule has 0 aromatic carbocycles. The maximum atomic E-state index is 13.3. The normalized spacial score (nSPS) is 18.2. The number of hydrogen-bond donors (Lipinski definition) is 4. The summed E-state index contributed by atoms with van der Waals surface area (Å²) in [6.07, 6.45) is 6.18. The highest BCUT2D eigenvalue weighted by Gasteiger charge is 2.44. The molecule has 0 saturated carbocycles. The molecule has 2 aromatic rings. The van der Waals surface area contributed by atoms with Crippen LogP contribution in [0.1, 0.15) is 21.8 Å². The fourth-order valence-corrected chi connectivity index (χ4v) is 4.30. The summed E-state index contributed by atoms with van der Waals surface area (Å²) in [5.41, 5.74) is 5.59. The van der Waals surface area contributed by atoms with E-state index in [9.17, 15) is 19.2 Å². The molecule has 2 aromatic heterocycles. The lowest BCUT2D eigenvalue weighted by Crippen LogP contribution is -2.59. The van der Waals surface area contributed by atoms with Gasteiger partial charge in [-0.2, -0.15) is 0 Å². The quantitative estimate of drug-likeness (QED) is 0.371. The van der Waals surface area contributed by atoms with Crippen LogP contribution in [-0.2, 0) is 16.0 Å². The Labute approximate surface area is 194 Å². The summed E-state index contributed by atoms with van der Waals surface area (Å²) in [7, 11) is 0. The zero-order chi connectivity index (χ0) is 23.8. The summed E-state index contributed by atoms with van der Waals surface area (Å²) < 4.78 is 0. The Balaban J connectivity index is 1.81. The zero-order valence-corrected chi connectivity index (χ0v) is 18.6. The maximum absolute atomic E-state index is 13.3. The second kappa shape index (κ2) is 11.2. The smallest absolute Gasteiger partial charge is 0.315 e. The summed E-state index contributed by atoms with van der Waals surface area (Å²) in [4.78, 5) is 60.7. The molecule has 3 unspecified atom stereocenters. The molecule has 0 bridgehead atoms. The number of rotatable bonds is 9. The van der Waals surface area contributed by atoms with E-state index in [1.165, 1.54) is 40.9 Å². The van der Waals surface area contributed by atoms with E-state index >= 15 is 0 Å². The number of thiophene rings is 1. The second-order valence-corrected chi connectivity index (χ2v) is 8.35. The average molecular weight is 472 g/mol. The molecule has 174 valence electrons. The van der Waals surface area contributed by atoms with Gasteiger partial charge < -0.3 is 26.6 Å². The van der Waals surface area contributed by atoms with E-state index in [1.54, 1.807) is 0 Å². The van der Waals surface area contributed by atoms with E-state index in [0.29, 0.717) is 6.42 Å². The molecule has 5 amide bonds. The number of nitrogens with one attached hydrogen (secondary N) is 3. The highest BCUT2D eigenvalue weighted by molar-refractivity contribution is 7.09. The SMILES string of the molecule is C=CCNC(=O)NC1CCN(C(=O)c2cnccn2)C1C(=O)NC(Cc1cccs1)C(N)=O. The molecule has 1 fully saturated rings. The van der Waals surface area contributed by atoms with Gasteiger partial charge in [0.2, 0.25) is 11.8 Å². The maximum Gasteiger partial charge on any atom is 0.315 e. The van der Waals surface area contributed by atoms with Gasteiger partial charge >= 0.3 is 6.03 Å². The Morgan fingerprint density at radius 3 is 2.79 bits per heavy atom. The van der Waals surface area contributed by atoms with Crippen molar-refractivity contribution in [1.82, 2.24) is 30.8 Å². The highest BCUT2D eigenvalue weighted by Crippen LogP contribution is 2.21. The molecule has 12 heteroatoms. The molecular formula is C21H25N7O4S. The molecule has 1 aliphatic rings. The second-order valence-electron chi connectivity index (χ2n) is 7.32. The zero-order valence-electron chi connectivity index (χ0n) is 17.8. The number of carbonyl (C=O) groups is 4. The van der Waals surface area contributed by atoms with Gasteiger partial charge in [-0.3, -0.25) is 19.4 Å². The Morgan fingerprint density at radius 2 is 2.15 bits per heavy atom. The van der Waals surface area contributed by atoms with Crippen molar-refractivity contribution in [2.75, 3.05) is 13.1 Å². The number of likely N-dealkylation sites (tertiary alicyclic amines) is 1. The number of primary amides is 1. The number of nitrogens with zero attached hydrogens (tertiary/aromatic N) is 3. The number of amides is 5. The monoisotopic (exact) mass is 471 g/mol. The first-order valence-electron chi connectivity index (χ1n) is 10.2. The molecule has 33 heavy (non-hydrogen) atoms. The van der Waals surface area contributed by atoms with E-state index in [-0.39, 0.29) is 25.2 Å². The Morgan fingerprint density at radius 1 is 1.33 bits per heavy atom. The minimum absolute atomic E-state index is 0.0668. The lowest BCUT2D eigenvalue weighted by molar-refractivity contribution is -0.130. The van der Waals surface area contributed by atoms with E-state index in [0.717, 1.165) is 4.88 Å². The fraction of sp³-hybridized carbons (Fsp3) is 0.333. The van der Waals surface area contributed by atoms with Crippen molar-refractivity contribution in [3.05, 3.63) is 59.3 Å². The Kier molecular flexibility index (Phi) is 8.08. The predicted molar refractivity (Wildman–Crippen MR) is 121 cm³/mol. The van der Waals surface area contributed by atoms with Crippen molar-refractivity contribution in [3.8, 4) is 0 Å². The molecular weight excluding hydrogens is 446 g/mol. The molecule has 0 spiro atoms. The van der Waals surface area contributed by atoms with Gasteiger partial charge in [0.25, 0.3) is 5.91 Å². The van der Waals surface area contributed by atoms with Crippen LogP contribution in [0.5, 0.6) is 0 Å². The van der Waals surface area contributed by atoms with Gasteiger partial charge in [-0.1, -0.05) is 12.1 Å². The van der Waals surface area contributed by atoms with Crippen LogP contribution < -0.4 is 21.7 Å². The van der Waals surface area contributed by atoms with Gasteiger partial charge in [0.15, 0.2) is 0 Å². The number of nitrogens with two attached hydrogens (primary N) is 1. The summed E-state index contributed by atoms with van der Waals surface area (Å²) in [5, 5.41) is 9.82. The van der Waals surface area contributed by atoms with Gasteiger partial charge in [0, 0.05) is 36.8 Å². The summed E-state index contributed by atoms with van der Waals surface area (Å²) in [5.74, 6) is -1.80. The van der Waals surface area contributed by atoms with Crippen LogP contribution in [0.25, 0.3) is 0 Å². The first kappa shape index (κ1) is 23.9. The average Bonchev–Trinajstić information content (AvgIpc) is 3.47. The predicted octanol–water partition coefficient (Wildman–Crippen LogP) is -0.181. The molecule has 3 heterocycles. The summed E-state index contributed by atoms with van der Waals surface area (Å²) >= 11 is 1.44. The van der Waals surface area contributed by atoms with Gasteiger partial charge in [-0.15, -0.1) is 17.9 Å². The van der Waals surface area contributed by atoms with Crippen LogP contribution in [0, 0.1) is 0 Å². The van der Waals surface area contributed by atoms with E-state index < -0.39 is 41.9 Å². The first-order chi connectivity index (χ1) is 15.9. The van der Waals surface area contributed by atoms with Crippen LogP contribution in [0.4, 0.5) is 4.79 Å². The fourth-order valence-electron chi connectivity index (χ4n) is 3.55. The molecule has 1 aliphatic heterocycles. The molecule has 3 atom stereocenters. The number of urea groups is 1. The third-order valence-corrected chi connectivity index (χ3v) is 5.98.